The van der Waals surface area contributed by atoms with Gasteiger partial charge in [0, 0.05) is 24.4 Å². The van der Waals surface area contributed by atoms with Gasteiger partial charge in [-0.25, -0.2) is 4.79 Å². The van der Waals surface area contributed by atoms with Gasteiger partial charge >= 0.3 is 6.09 Å². The third-order valence-electron chi connectivity index (χ3n) is 3.47. The SMILES string of the molecule is CC(NC1CCOC1)c1ccc(NC(=O)OC(C)(C)C)cc1. The second-order valence-corrected chi connectivity index (χ2v) is 6.70. The third-order valence-corrected chi connectivity index (χ3v) is 3.47. The van der Waals surface area contributed by atoms with E-state index in [0.717, 1.165) is 25.3 Å². The molecular formula is C17H26N2O3. The molecule has 1 aromatic carbocycles. The Morgan fingerprint density at radius 1 is 1.32 bits per heavy atom. The Hall–Kier alpha value is -1.59. The summed E-state index contributed by atoms with van der Waals surface area (Å²) in [5, 5.41) is 6.29. The highest BCUT2D eigenvalue weighted by Gasteiger charge is 2.19. The molecule has 1 aromatic rings. The summed E-state index contributed by atoms with van der Waals surface area (Å²) in [5.41, 5.74) is 1.42. The Balaban J connectivity index is 1.87. The Kier molecular flexibility index (Phi) is 5.42. The molecule has 1 aliphatic heterocycles. The molecule has 5 nitrogen and oxygen atoms in total. The number of ether oxygens (including phenoxy) is 2. The van der Waals surface area contributed by atoms with E-state index in [4.69, 9.17) is 9.47 Å². The van der Waals surface area contributed by atoms with Gasteiger partial charge in [0.2, 0.25) is 0 Å². The van der Waals surface area contributed by atoms with E-state index in [2.05, 4.69) is 17.6 Å². The molecule has 5 heteroatoms. The first-order valence-electron chi connectivity index (χ1n) is 7.77. The molecule has 0 spiro atoms. The number of rotatable bonds is 4. The van der Waals surface area contributed by atoms with Crippen LogP contribution >= 0.6 is 0 Å². The number of amides is 1. The summed E-state index contributed by atoms with van der Waals surface area (Å²) in [5.74, 6) is 0. The summed E-state index contributed by atoms with van der Waals surface area (Å²) in [6.07, 6.45) is 0.623. The Bertz CT molecular complexity index is 488. The van der Waals surface area contributed by atoms with Crippen LogP contribution in [0.2, 0.25) is 0 Å². The summed E-state index contributed by atoms with van der Waals surface area (Å²) in [6.45, 7) is 9.28. The fourth-order valence-corrected chi connectivity index (χ4v) is 2.39. The zero-order chi connectivity index (χ0) is 16.2. The number of nitrogens with one attached hydrogen (secondary N) is 2. The van der Waals surface area contributed by atoms with E-state index in [1.165, 1.54) is 5.56 Å². The van der Waals surface area contributed by atoms with E-state index in [9.17, 15) is 4.79 Å². The van der Waals surface area contributed by atoms with Gasteiger partial charge in [-0.05, 0) is 51.8 Å². The first-order chi connectivity index (χ1) is 10.3. The summed E-state index contributed by atoms with van der Waals surface area (Å²) in [7, 11) is 0. The summed E-state index contributed by atoms with van der Waals surface area (Å²) >= 11 is 0. The summed E-state index contributed by atoms with van der Waals surface area (Å²) in [4.78, 5) is 11.7. The highest BCUT2D eigenvalue weighted by molar-refractivity contribution is 5.84. The van der Waals surface area contributed by atoms with Crippen molar-refractivity contribution in [2.24, 2.45) is 0 Å². The minimum atomic E-state index is -0.494. The molecule has 122 valence electrons. The quantitative estimate of drug-likeness (QED) is 0.894. The van der Waals surface area contributed by atoms with Crippen LogP contribution in [-0.2, 0) is 9.47 Å². The number of benzene rings is 1. The van der Waals surface area contributed by atoms with Gasteiger partial charge < -0.3 is 14.8 Å². The number of hydrogen-bond acceptors (Lipinski definition) is 4. The van der Waals surface area contributed by atoms with Gasteiger partial charge in [0.1, 0.15) is 5.60 Å². The van der Waals surface area contributed by atoms with Crippen LogP contribution < -0.4 is 10.6 Å². The lowest BCUT2D eigenvalue weighted by Crippen LogP contribution is -2.31. The van der Waals surface area contributed by atoms with Gasteiger partial charge in [-0.15, -0.1) is 0 Å². The van der Waals surface area contributed by atoms with E-state index >= 15 is 0 Å². The lowest BCUT2D eigenvalue weighted by atomic mass is 10.1. The molecule has 1 aliphatic rings. The van der Waals surface area contributed by atoms with Crippen molar-refractivity contribution in [1.29, 1.82) is 0 Å². The predicted molar refractivity (Wildman–Crippen MR) is 87.1 cm³/mol. The standard InChI is InChI=1S/C17H26N2O3/c1-12(18-15-9-10-21-11-15)13-5-7-14(8-6-13)19-16(20)22-17(2,3)4/h5-8,12,15,18H,9-11H2,1-4H3,(H,19,20). The second kappa shape index (κ2) is 7.11. The second-order valence-electron chi connectivity index (χ2n) is 6.70. The minimum Gasteiger partial charge on any atom is -0.444 e. The van der Waals surface area contributed by atoms with Crippen LogP contribution in [0.3, 0.4) is 0 Å². The van der Waals surface area contributed by atoms with E-state index in [-0.39, 0.29) is 6.04 Å². The van der Waals surface area contributed by atoms with Crippen molar-refractivity contribution in [3.63, 3.8) is 0 Å². The molecule has 2 atom stereocenters. The maximum atomic E-state index is 11.7. The van der Waals surface area contributed by atoms with Gasteiger partial charge in [-0.3, -0.25) is 5.32 Å². The van der Waals surface area contributed by atoms with Crippen LogP contribution in [0, 0.1) is 0 Å². The van der Waals surface area contributed by atoms with E-state index in [0.29, 0.717) is 6.04 Å². The number of carbonyl (C=O) groups is 1. The van der Waals surface area contributed by atoms with Crippen molar-refractivity contribution in [1.82, 2.24) is 5.32 Å². The highest BCUT2D eigenvalue weighted by atomic mass is 16.6. The van der Waals surface area contributed by atoms with Crippen LogP contribution in [0.1, 0.15) is 45.7 Å². The van der Waals surface area contributed by atoms with E-state index in [1.807, 2.05) is 45.0 Å². The third kappa shape index (κ3) is 5.31. The van der Waals surface area contributed by atoms with Crippen molar-refractivity contribution in [3.8, 4) is 0 Å². The van der Waals surface area contributed by atoms with Crippen molar-refractivity contribution < 1.29 is 14.3 Å². The molecule has 0 radical (unpaired) electrons. The number of hydrogen-bond donors (Lipinski definition) is 2. The van der Waals surface area contributed by atoms with Crippen LogP contribution in [-0.4, -0.2) is 30.9 Å². The smallest absolute Gasteiger partial charge is 0.412 e. The molecule has 22 heavy (non-hydrogen) atoms. The first-order valence-corrected chi connectivity index (χ1v) is 7.77. The van der Waals surface area contributed by atoms with Gasteiger partial charge in [0.25, 0.3) is 0 Å². The van der Waals surface area contributed by atoms with Crippen molar-refractivity contribution >= 4 is 11.8 Å². The Morgan fingerprint density at radius 3 is 2.55 bits per heavy atom. The normalized spacial score (nSPS) is 19.7. The predicted octanol–water partition coefficient (Wildman–Crippen LogP) is 3.47. The average Bonchev–Trinajstić information content (AvgIpc) is 2.90. The maximum absolute atomic E-state index is 11.7. The summed E-state index contributed by atoms with van der Waals surface area (Å²) in [6, 6.07) is 8.49. The molecule has 0 aliphatic carbocycles. The van der Waals surface area contributed by atoms with Crippen LogP contribution in [0.5, 0.6) is 0 Å². The monoisotopic (exact) mass is 306 g/mol. The lowest BCUT2D eigenvalue weighted by molar-refractivity contribution is 0.0636. The molecule has 1 amide bonds. The summed E-state index contributed by atoms with van der Waals surface area (Å²) < 4.78 is 10.6. The van der Waals surface area contributed by atoms with Gasteiger partial charge in [0.05, 0.1) is 6.61 Å². The van der Waals surface area contributed by atoms with E-state index in [1.54, 1.807) is 0 Å². The largest absolute Gasteiger partial charge is 0.444 e. The van der Waals surface area contributed by atoms with Gasteiger partial charge in [-0.1, -0.05) is 12.1 Å². The molecule has 2 unspecified atom stereocenters. The van der Waals surface area contributed by atoms with Crippen molar-refractivity contribution in [3.05, 3.63) is 29.8 Å². The molecule has 2 N–H and O–H groups in total. The van der Waals surface area contributed by atoms with Crippen molar-refractivity contribution in [2.45, 2.75) is 51.8 Å². The average molecular weight is 306 g/mol. The lowest BCUT2D eigenvalue weighted by Gasteiger charge is -2.20. The number of anilines is 1. The van der Waals surface area contributed by atoms with Crippen LogP contribution in [0.15, 0.2) is 24.3 Å². The molecular weight excluding hydrogens is 280 g/mol. The fourth-order valence-electron chi connectivity index (χ4n) is 2.39. The van der Waals surface area contributed by atoms with Crippen molar-refractivity contribution in [2.75, 3.05) is 18.5 Å². The molecule has 1 fully saturated rings. The fraction of sp³-hybridized carbons (Fsp3) is 0.588. The highest BCUT2D eigenvalue weighted by Crippen LogP contribution is 2.19. The topological polar surface area (TPSA) is 59.6 Å². The Labute approximate surface area is 132 Å². The molecule has 1 heterocycles. The molecule has 0 aromatic heterocycles. The molecule has 0 saturated carbocycles. The molecule has 0 bridgehead atoms. The first kappa shape index (κ1) is 16.8. The molecule has 1 saturated heterocycles. The van der Waals surface area contributed by atoms with E-state index < -0.39 is 11.7 Å². The van der Waals surface area contributed by atoms with Crippen LogP contribution in [0.25, 0.3) is 0 Å². The van der Waals surface area contributed by atoms with Gasteiger partial charge in [0.15, 0.2) is 0 Å². The Morgan fingerprint density at radius 2 is 2.00 bits per heavy atom. The van der Waals surface area contributed by atoms with Gasteiger partial charge in [-0.2, -0.15) is 0 Å². The maximum Gasteiger partial charge on any atom is 0.412 e. The van der Waals surface area contributed by atoms with Crippen LogP contribution in [0.4, 0.5) is 10.5 Å². The molecule has 2 rings (SSSR count). The zero-order valence-corrected chi connectivity index (χ0v) is 13.8. The minimum absolute atomic E-state index is 0.252. The zero-order valence-electron chi connectivity index (χ0n) is 13.8. The number of carbonyl (C=O) groups excluding carboxylic acids is 1.